The maximum absolute atomic E-state index is 10.6. The van der Waals surface area contributed by atoms with Crippen LogP contribution in [0.1, 0.15) is 25.3 Å². The van der Waals surface area contributed by atoms with Crippen LogP contribution >= 0.6 is 0 Å². The summed E-state index contributed by atoms with van der Waals surface area (Å²) in [7, 11) is 0. The molecular weight excluding hydrogens is 192 g/mol. The summed E-state index contributed by atoms with van der Waals surface area (Å²) in [5.74, 6) is 0.622. The number of non-ortho nitro benzene ring substituents is 1. The topological polar surface area (TPSA) is 55.5 Å². The number of nitro benzene ring substituents is 1. The van der Waals surface area contributed by atoms with Crippen LogP contribution in [0.5, 0.6) is 0 Å². The molecule has 0 aliphatic carbocycles. The second-order valence-corrected chi connectivity index (χ2v) is 4.05. The molecule has 0 fully saturated rings. The summed E-state index contributed by atoms with van der Waals surface area (Å²) in [5, 5.41) is 10.6. The molecule has 1 unspecified atom stereocenters. The highest BCUT2D eigenvalue weighted by Crippen LogP contribution is 2.38. The Morgan fingerprint density at radius 2 is 2.20 bits per heavy atom. The molecule has 1 heterocycles. The van der Waals surface area contributed by atoms with E-state index in [4.69, 9.17) is 0 Å². The summed E-state index contributed by atoms with van der Waals surface area (Å²) in [6.07, 6.45) is 1.87. The Hall–Kier alpha value is -1.71. The van der Waals surface area contributed by atoms with E-state index in [9.17, 15) is 10.1 Å². The van der Waals surface area contributed by atoms with Crippen molar-refractivity contribution in [2.45, 2.75) is 19.8 Å². The normalized spacial score (nSPS) is 18.2. The van der Waals surface area contributed by atoms with Gasteiger partial charge in [-0.15, -0.1) is 0 Å². The summed E-state index contributed by atoms with van der Waals surface area (Å²) in [5.41, 5.74) is 1.98. The van der Waals surface area contributed by atoms with E-state index in [-0.39, 0.29) is 16.5 Å². The molecule has 1 aliphatic rings. The molecule has 2 rings (SSSR count). The van der Waals surface area contributed by atoms with Gasteiger partial charge < -0.3 is 0 Å². The molecule has 1 atom stereocenters. The zero-order valence-electron chi connectivity index (χ0n) is 8.68. The number of nitrogens with zero attached hydrogens (tertiary/aromatic N) is 2. The minimum Gasteiger partial charge on any atom is -0.260 e. The fourth-order valence-corrected chi connectivity index (χ4v) is 1.81. The van der Waals surface area contributed by atoms with E-state index in [0.717, 1.165) is 11.3 Å². The van der Waals surface area contributed by atoms with Gasteiger partial charge in [-0.05, 0) is 17.5 Å². The van der Waals surface area contributed by atoms with Crippen LogP contribution in [0.15, 0.2) is 23.2 Å². The molecule has 78 valence electrons. The molecule has 0 saturated carbocycles. The first-order valence-electron chi connectivity index (χ1n) is 4.92. The van der Waals surface area contributed by atoms with E-state index in [1.165, 1.54) is 6.07 Å². The lowest BCUT2D eigenvalue weighted by Gasteiger charge is -2.12. The quantitative estimate of drug-likeness (QED) is 0.549. The van der Waals surface area contributed by atoms with Gasteiger partial charge in [0.05, 0.1) is 10.6 Å². The first kappa shape index (κ1) is 9.83. The van der Waals surface area contributed by atoms with Crippen LogP contribution in [0, 0.1) is 16.0 Å². The number of fused-ring (bicyclic) bond motifs is 1. The lowest BCUT2D eigenvalue weighted by Crippen LogP contribution is -2.04. The predicted octanol–water partition coefficient (Wildman–Crippen LogP) is 3.05. The lowest BCUT2D eigenvalue weighted by molar-refractivity contribution is -0.384. The molecule has 1 aliphatic heterocycles. The van der Waals surface area contributed by atoms with Crippen molar-refractivity contribution in [1.29, 1.82) is 0 Å². The van der Waals surface area contributed by atoms with Crippen LogP contribution < -0.4 is 0 Å². The number of nitro groups is 1. The number of rotatable bonds is 2. The molecule has 15 heavy (non-hydrogen) atoms. The van der Waals surface area contributed by atoms with Crippen LogP contribution in [0.2, 0.25) is 0 Å². The average molecular weight is 204 g/mol. The monoisotopic (exact) mass is 204 g/mol. The number of aliphatic imine (C=N–C) groups is 1. The zero-order chi connectivity index (χ0) is 11.0. The molecule has 0 spiro atoms. The molecule has 1 aromatic carbocycles. The van der Waals surface area contributed by atoms with E-state index < -0.39 is 0 Å². The summed E-state index contributed by atoms with van der Waals surface area (Å²) in [4.78, 5) is 14.5. The molecule has 4 nitrogen and oxygen atoms in total. The minimum absolute atomic E-state index is 0.143. The molecule has 0 aromatic heterocycles. The van der Waals surface area contributed by atoms with E-state index in [1.807, 2.05) is 6.21 Å². The second kappa shape index (κ2) is 3.46. The van der Waals surface area contributed by atoms with Gasteiger partial charge in [-0.3, -0.25) is 15.1 Å². The molecule has 0 amide bonds. The van der Waals surface area contributed by atoms with Crippen molar-refractivity contribution in [2.24, 2.45) is 10.9 Å². The van der Waals surface area contributed by atoms with Crippen molar-refractivity contribution in [3.63, 3.8) is 0 Å². The van der Waals surface area contributed by atoms with Crippen molar-refractivity contribution in [3.05, 3.63) is 33.9 Å². The smallest absolute Gasteiger partial charge is 0.260 e. The molecule has 0 N–H and O–H groups in total. The van der Waals surface area contributed by atoms with Crippen molar-refractivity contribution in [1.82, 2.24) is 0 Å². The maximum Gasteiger partial charge on any atom is 0.269 e. The second-order valence-electron chi connectivity index (χ2n) is 4.05. The molecule has 0 bridgehead atoms. The zero-order valence-corrected chi connectivity index (χ0v) is 8.68. The van der Waals surface area contributed by atoms with Crippen molar-refractivity contribution >= 4 is 17.6 Å². The van der Waals surface area contributed by atoms with E-state index in [0.29, 0.717) is 5.92 Å². The molecule has 0 saturated heterocycles. The maximum atomic E-state index is 10.6. The van der Waals surface area contributed by atoms with Gasteiger partial charge in [0.2, 0.25) is 0 Å². The Kier molecular flexibility index (Phi) is 2.26. The van der Waals surface area contributed by atoms with Crippen LogP contribution in [0.25, 0.3) is 0 Å². The number of hydrogen-bond donors (Lipinski definition) is 0. The van der Waals surface area contributed by atoms with Gasteiger partial charge in [0.1, 0.15) is 0 Å². The largest absolute Gasteiger partial charge is 0.269 e. The van der Waals surface area contributed by atoms with Crippen LogP contribution in [0.4, 0.5) is 11.4 Å². The van der Waals surface area contributed by atoms with Gasteiger partial charge >= 0.3 is 0 Å². The van der Waals surface area contributed by atoms with Gasteiger partial charge in [0, 0.05) is 24.3 Å². The number of benzene rings is 1. The van der Waals surface area contributed by atoms with Crippen LogP contribution in [0.3, 0.4) is 0 Å². The Labute approximate surface area is 87.8 Å². The highest BCUT2D eigenvalue weighted by molar-refractivity contribution is 5.81. The highest BCUT2D eigenvalue weighted by atomic mass is 16.6. The predicted molar refractivity (Wildman–Crippen MR) is 58.8 cm³/mol. The first-order valence-corrected chi connectivity index (χ1v) is 4.92. The third-order valence-corrected chi connectivity index (χ3v) is 2.67. The minimum atomic E-state index is -0.365. The van der Waals surface area contributed by atoms with Crippen molar-refractivity contribution < 1.29 is 4.92 Å². The lowest BCUT2D eigenvalue weighted by atomic mass is 9.90. The Bertz CT molecular complexity index is 438. The van der Waals surface area contributed by atoms with Gasteiger partial charge in [-0.1, -0.05) is 13.8 Å². The summed E-state index contributed by atoms with van der Waals surface area (Å²) >= 11 is 0. The van der Waals surface area contributed by atoms with Gasteiger partial charge in [0.25, 0.3) is 5.69 Å². The van der Waals surface area contributed by atoms with Crippen LogP contribution in [-0.4, -0.2) is 11.1 Å². The van der Waals surface area contributed by atoms with Gasteiger partial charge in [-0.2, -0.15) is 0 Å². The first-order chi connectivity index (χ1) is 7.09. The third-order valence-electron chi connectivity index (χ3n) is 2.67. The molecule has 0 radical (unpaired) electrons. The molecule has 1 aromatic rings. The fourth-order valence-electron chi connectivity index (χ4n) is 1.81. The van der Waals surface area contributed by atoms with Gasteiger partial charge in [0.15, 0.2) is 0 Å². The van der Waals surface area contributed by atoms with E-state index in [1.54, 1.807) is 12.1 Å². The van der Waals surface area contributed by atoms with E-state index in [2.05, 4.69) is 18.8 Å². The third kappa shape index (κ3) is 1.63. The summed E-state index contributed by atoms with van der Waals surface area (Å²) in [6, 6.07) is 4.85. The molecular formula is C11H12N2O2. The van der Waals surface area contributed by atoms with Gasteiger partial charge in [-0.25, -0.2) is 0 Å². The van der Waals surface area contributed by atoms with Crippen molar-refractivity contribution in [3.8, 4) is 0 Å². The Morgan fingerprint density at radius 1 is 1.47 bits per heavy atom. The van der Waals surface area contributed by atoms with Crippen LogP contribution in [-0.2, 0) is 0 Å². The van der Waals surface area contributed by atoms with E-state index >= 15 is 0 Å². The summed E-state index contributed by atoms with van der Waals surface area (Å²) in [6.45, 7) is 4.18. The highest BCUT2D eigenvalue weighted by Gasteiger charge is 2.23. The molecule has 4 heteroatoms. The standard InChI is InChI=1S/C11H12N2O2/c1-7(2)10-6-12-11-4-3-8(13(14)15)5-9(10)11/h3-7,10H,1-2H3. The Morgan fingerprint density at radius 3 is 2.80 bits per heavy atom. The Balaban J connectivity index is 2.45. The summed E-state index contributed by atoms with van der Waals surface area (Å²) < 4.78 is 0. The average Bonchev–Trinajstić information content (AvgIpc) is 2.59. The SMILES string of the molecule is CC(C)C1C=Nc2ccc([N+](=O)[O-])cc21. The fraction of sp³-hybridized carbons (Fsp3) is 0.364. The number of hydrogen-bond acceptors (Lipinski definition) is 3. The van der Waals surface area contributed by atoms with Crippen molar-refractivity contribution in [2.75, 3.05) is 0 Å².